The van der Waals surface area contributed by atoms with E-state index in [1.807, 2.05) is 43.4 Å². The lowest BCUT2D eigenvalue weighted by Crippen LogP contribution is -2.30. The van der Waals surface area contributed by atoms with Crippen LogP contribution in [-0.2, 0) is 11.8 Å². The number of carbonyl (C=O) groups is 1. The lowest BCUT2D eigenvalue weighted by atomic mass is 10.0. The lowest BCUT2D eigenvalue weighted by molar-refractivity contribution is -0.117. The molecule has 0 aliphatic heterocycles. The van der Waals surface area contributed by atoms with Crippen molar-refractivity contribution in [3.05, 3.63) is 102 Å². The summed E-state index contributed by atoms with van der Waals surface area (Å²) in [5.41, 5.74) is 1.24. The first-order valence-corrected chi connectivity index (χ1v) is 9.83. The highest BCUT2D eigenvalue weighted by molar-refractivity contribution is 5.93. The maximum absolute atomic E-state index is 14.5. The van der Waals surface area contributed by atoms with Gasteiger partial charge in [-0.15, -0.1) is 0 Å². The zero-order valence-electron chi connectivity index (χ0n) is 17.2. The summed E-state index contributed by atoms with van der Waals surface area (Å²) >= 11 is 0. The third-order valence-corrected chi connectivity index (χ3v) is 5.12. The number of nitrogens with zero attached hydrogens (tertiary/aromatic N) is 2. The fraction of sp³-hybridized carbons (Fsp3) is 0.120. The summed E-state index contributed by atoms with van der Waals surface area (Å²) in [6, 6.07) is 17.4. The van der Waals surface area contributed by atoms with Crippen molar-refractivity contribution >= 4 is 22.8 Å². The first kappa shape index (κ1) is 20.3. The normalized spacial score (nSPS) is 12.2. The number of imidazole rings is 1. The summed E-state index contributed by atoms with van der Waals surface area (Å²) in [4.78, 5) is 17.0. The van der Waals surface area contributed by atoms with Crippen LogP contribution in [0.5, 0.6) is 5.75 Å². The van der Waals surface area contributed by atoms with Crippen molar-refractivity contribution < 1.29 is 13.9 Å². The van der Waals surface area contributed by atoms with Crippen LogP contribution in [0, 0.1) is 5.82 Å². The van der Waals surface area contributed by atoms with Gasteiger partial charge in [-0.05, 0) is 46.7 Å². The number of rotatable bonds is 6. The Balaban J connectivity index is 1.56. The van der Waals surface area contributed by atoms with Gasteiger partial charge >= 0.3 is 0 Å². The van der Waals surface area contributed by atoms with Crippen molar-refractivity contribution in [1.29, 1.82) is 0 Å². The lowest BCUT2D eigenvalue weighted by Gasteiger charge is -2.18. The van der Waals surface area contributed by atoms with Gasteiger partial charge < -0.3 is 14.6 Å². The van der Waals surface area contributed by atoms with Crippen LogP contribution in [0.25, 0.3) is 16.8 Å². The van der Waals surface area contributed by atoms with Crippen LogP contribution < -0.4 is 10.1 Å². The number of halogens is 1. The van der Waals surface area contributed by atoms with E-state index in [0.29, 0.717) is 11.4 Å². The molecule has 1 heterocycles. The Hall–Kier alpha value is -3.93. The van der Waals surface area contributed by atoms with Crippen molar-refractivity contribution in [2.45, 2.75) is 6.04 Å². The van der Waals surface area contributed by atoms with E-state index < -0.39 is 11.9 Å². The smallest absolute Gasteiger partial charge is 0.244 e. The summed E-state index contributed by atoms with van der Waals surface area (Å²) in [5, 5.41) is 4.97. The molecule has 0 spiro atoms. The van der Waals surface area contributed by atoms with Gasteiger partial charge in [-0.1, -0.05) is 36.4 Å². The number of nitrogens with one attached hydrogen (secondary N) is 1. The minimum absolute atomic E-state index is 0.342. The van der Waals surface area contributed by atoms with E-state index in [-0.39, 0.29) is 5.91 Å². The van der Waals surface area contributed by atoms with Gasteiger partial charge in [-0.2, -0.15) is 0 Å². The Labute approximate surface area is 179 Å². The monoisotopic (exact) mass is 415 g/mol. The van der Waals surface area contributed by atoms with E-state index in [2.05, 4.69) is 10.3 Å². The largest absolute Gasteiger partial charge is 0.497 e. The third kappa shape index (κ3) is 4.48. The molecule has 4 rings (SSSR count). The molecule has 1 unspecified atom stereocenters. The molecule has 4 aromatic rings. The quantitative estimate of drug-likeness (QED) is 0.467. The number of fused-ring (bicyclic) bond motifs is 1. The van der Waals surface area contributed by atoms with E-state index in [1.165, 1.54) is 12.1 Å². The molecule has 3 aromatic carbocycles. The van der Waals surface area contributed by atoms with Crippen LogP contribution in [-0.4, -0.2) is 22.6 Å². The van der Waals surface area contributed by atoms with Gasteiger partial charge in [-0.25, -0.2) is 9.37 Å². The molecule has 1 aromatic heterocycles. The number of hydrogen-bond acceptors (Lipinski definition) is 3. The molecule has 0 fully saturated rings. The van der Waals surface area contributed by atoms with Crippen molar-refractivity contribution in [1.82, 2.24) is 14.9 Å². The van der Waals surface area contributed by atoms with Gasteiger partial charge in [0.1, 0.15) is 23.4 Å². The average Bonchev–Trinajstić information content (AvgIpc) is 3.21. The number of amides is 1. The standard InChI is InChI=1S/C25H22FN3O2/c1-29-14-13-27-25(29)24(21-5-3-4-6-22(21)26)28-23(30)12-8-17-7-9-19-16-20(31-2)11-10-18(19)15-17/h3-16,24H,1-2H3,(H,28,30)/b12-8+. The first-order valence-electron chi connectivity index (χ1n) is 9.83. The number of methoxy groups -OCH3 is 1. The maximum Gasteiger partial charge on any atom is 0.244 e. The second-order valence-corrected chi connectivity index (χ2v) is 7.17. The number of hydrogen-bond donors (Lipinski definition) is 1. The fourth-order valence-corrected chi connectivity index (χ4v) is 3.48. The van der Waals surface area contributed by atoms with E-state index in [1.54, 1.807) is 48.3 Å². The molecular formula is C25H22FN3O2. The number of benzene rings is 3. The highest BCUT2D eigenvalue weighted by Crippen LogP contribution is 2.24. The topological polar surface area (TPSA) is 56.1 Å². The van der Waals surface area contributed by atoms with Crippen LogP contribution in [0.3, 0.4) is 0 Å². The Morgan fingerprint density at radius 1 is 1.13 bits per heavy atom. The molecule has 0 saturated carbocycles. The molecule has 1 N–H and O–H groups in total. The summed E-state index contributed by atoms with van der Waals surface area (Å²) in [6.45, 7) is 0. The predicted octanol–water partition coefficient (Wildman–Crippen LogP) is 4.64. The Morgan fingerprint density at radius 3 is 2.65 bits per heavy atom. The van der Waals surface area contributed by atoms with Gasteiger partial charge in [0.25, 0.3) is 0 Å². The van der Waals surface area contributed by atoms with Crippen LogP contribution in [0.1, 0.15) is 23.0 Å². The van der Waals surface area contributed by atoms with Gasteiger partial charge in [0.05, 0.1) is 7.11 Å². The summed E-state index contributed by atoms with van der Waals surface area (Å²) in [6.07, 6.45) is 6.56. The van der Waals surface area contributed by atoms with Crippen LogP contribution in [0.15, 0.2) is 79.1 Å². The SMILES string of the molecule is COc1ccc2cc(/C=C/C(=O)NC(c3ccccc3F)c3nccn3C)ccc2c1. The average molecular weight is 415 g/mol. The Kier molecular flexibility index (Phi) is 5.80. The minimum atomic E-state index is -0.706. The molecule has 1 atom stereocenters. The molecule has 5 nitrogen and oxygen atoms in total. The predicted molar refractivity (Wildman–Crippen MR) is 119 cm³/mol. The second kappa shape index (κ2) is 8.83. The van der Waals surface area contributed by atoms with Gasteiger partial charge in [0.2, 0.25) is 5.91 Å². The van der Waals surface area contributed by atoms with Gasteiger partial charge in [0.15, 0.2) is 0 Å². The van der Waals surface area contributed by atoms with E-state index >= 15 is 0 Å². The maximum atomic E-state index is 14.5. The Morgan fingerprint density at radius 2 is 1.90 bits per heavy atom. The molecule has 0 saturated heterocycles. The highest BCUT2D eigenvalue weighted by Gasteiger charge is 2.22. The first-order chi connectivity index (χ1) is 15.0. The molecule has 0 aliphatic rings. The highest BCUT2D eigenvalue weighted by atomic mass is 19.1. The van der Waals surface area contributed by atoms with E-state index in [9.17, 15) is 9.18 Å². The molecule has 6 heteroatoms. The number of aryl methyl sites for hydroxylation is 1. The van der Waals surface area contributed by atoms with Crippen molar-refractivity contribution in [3.8, 4) is 5.75 Å². The van der Waals surface area contributed by atoms with E-state index in [4.69, 9.17) is 4.74 Å². The van der Waals surface area contributed by atoms with Gasteiger partial charge in [0, 0.05) is 31.1 Å². The summed E-state index contributed by atoms with van der Waals surface area (Å²) in [7, 11) is 3.44. The van der Waals surface area contributed by atoms with Gasteiger partial charge in [-0.3, -0.25) is 4.79 Å². The van der Waals surface area contributed by atoms with Crippen molar-refractivity contribution in [2.75, 3.05) is 7.11 Å². The zero-order valence-corrected chi connectivity index (χ0v) is 17.2. The molecule has 0 aliphatic carbocycles. The molecule has 156 valence electrons. The summed E-state index contributed by atoms with van der Waals surface area (Å²) < 4.78 is 21.5. The number of carbonyl (C=O) groups excluding carboxylic acids is 1. The fourth-order valence-electron chi connectivity index (χ4n) is 3.48. The number of ether oxygens (including phenoxy) is 1. The minimum Gasteiger partial charge on any atom is -0.497 e. The van der Waals surface area contributed by atoms with Crippen LogP contribution >= 0.6 is 0 Å². The molecular weight excluding hydrogens is 393 g/mol. The van der Waals surface area contributed by atoms with Crippen LogP contribution in [0.4, 0.5) is 4.39 Å². The second-order valence-electron chi connectivity index (χ2n) is 7.17. The Bertz CT molecular complexity index is 1260. The van der Waals surface area contributed by atoms with E-state index in [0.717, 1.165) is 22.1 Å². The molecule has 0 radical (unpaired) electrons. The number of aromatic nitrogens is 2. The summed E-state index contributed by atoms with van der Waals surface area (Å²) in [5.74, 6) is 0.603. The van der Waals surface area contributed by atoms with Crippen molar-refractivity contribution in [3.63, 3.8) is 0 Å². The molecule has 1 amide bonds. The van der Waals surface area contributed by atoms with Crippen LogP contribution in [0.2, 0.25) is 0 Å². The molecule has 31 heavy (non-hydrogen) atoms. The third-order valence-electron chi connectivity index (χ3n) is 5.12. The van der Waals surface area contributed by atoms with Crippen molar-refractivity contribution in [2.24, 2.45) is 7.05 Å². The molecule has 0 bridgehead atoms. The zero-order chi connectivity index (χ0) is 21.8.